The number of carbonyl (C=O) groups excluding carboxylic acids is 1. The van der Waals surface area contributed by atoms with Crippen LogP contribution in [0.2, 0.25) is 0 Å². The maximum atomic E-state index is 11.4. The summed E-state index contributed by atoms with van der Waals surface area (Å²) in [4.78, 5) is 11.4. The van der Waals surface area contributed by atoms with Gasteiger partial charge in [0.1, 0.15) is 0 Å². The van der Waals surface area contributed by atoms with Crippen LogP contribution in [0.15, 0.2) is 11.8 Å². The van der Waals surface area contributed by atoms with Gasteiger partial charge in [-0.15, -0.1) is 0 Å². The fraction of sp³-hybridized carbons (Fsp3) is 0.727. The molecule has 0 bridgehead atoms. The molecular weight excluding hydrogens is 212 g/mol. The Morgan fingerprint density at radius 1 is 1.25 bits per heavy atom. The lowest BCUT2D eigenvalue weighted by atomic mass is 9.94. The van der Waals surface area contributed by atoms with Gasteiger partial charge in [0.05, 0.1) is 13.2 Å². The van der Waals surface area contributed by atoms with Crippen LogP contribution in [0.3, 0.4) is 0 Å². The van der Waals surface area contributed by atoms with Crippen LogP contribution in [0.1, 0.15) is 19.3 Å². The van der Waals surface area contributed by atoms with E-state index in [4.69, 9.17) is 18.9 Å². The van der Waals surface area contributed by atoms with Crippen molar-refractivity contribution >= 4 is 5.97 Å². The summed E-state index contributed by atoms with van der Waals surface area (Å²) in [5, 5.41) is 0. The molecule has 5 heteroatoms. The van der Waals surface area contributed by atoms with Gasteiger partial charge in [-0.25, -0.2) is 4.79 Å². The Kier molecular flexibility index (Phi) is 2.67. The lowest BCUT2D eigenvalue weighted by Crippen LogP contribution is -2.54. The molecule has 0 aromatic carbocycles. The van der Waals surface area contributed by atoms with Crippen molar-refractivity contribution in [3.63, 3.8) is 0 Å². The van der Waals surface area contributed by atoms with Crippen LogP contribution in [0.25, 0.3) is 0 Å². The summed E-state index contributed by atoms with van der Waals surface area (Å²) < 4.78 is 21.5. The predicted molar refractivity (Wildman–Crippen MR) is 54.5 cm³/mol. The molecular formula is C11H16O5. The lowest BCUT2D eigenvalue weighted by molar-refractivity contribution is -0.282. The van der Waals surface area contributed by atoms with Crippen molar-refractivity contribution in [3.8, 4) is 0 Å². The zero-order chi connectivity index (χ0) is 11.8. The van der Waals surface area contributed by atoms with Gasteiger partial charge in [-0.05, 0) is 6.42 Å². The van der Waals surface area contributed by atoms with E-state index in [1.165, 1.54) is 13.2 Å². The first-order valence-corrected chi connectivity index (χ1v) is 5.23. The van der Waals surface area contributed by atoms with E-state index >= 15 is 0 Å². The number of esters is 1. The molecule has 1 fully saturated rings. The van der Waals surface area contributed by atoms with Crippen LogP contribution in [-0.2, 0) is 23.7 Å². The molecule has 0 aromatic heterocycles. The highest BCUT2D eigenvalue weighted by molar-refractivity contribution is 5.86. The molecule has 5 nitrogen and oxygen atoms in total. The number of ether oxygens (including phenoxy) is 4. The van der Waals surface area contributed by atoms with Crippen LogP contribution >= 0.6 is 0 Å². The van der Waals surface area contributed by atoms with Crippen molar-refractivity contribution < 1.29 is 23.7 Å². The maximum absolute atomic E-state index is 11.4. The molecule has 0 saturated heterocycles. The topological polar surface area (TPSA) is 54.0 Å². The highest BCUT2D eigenvalue weighted by atomic mass is 16.7. The summed E-state index contributed by atoms with van der Waals surface area (Å²) >= 11 is 0. The fourth-order valence-electron chi connectivity index (χ4n) is 2.72. The van der Waals surface area contributed by atoms with E-state index in [9.17, 15) is 4.79 Å². The minimum Gasteiger partial charge on any atom is -0.496 e. The second-order valence-corrected chi connectivity index (χ2v) is 3.98. The third-order valence-corrected chi connectivity index (χ3v) is 3.45. The van der Waals surface area contributed by atoms with Crippen molar-refractivity contribution in [2.75, 3.05) is 21.3 Å². The molecule has 1 spiro atoms. The molecule has 1 aliphatic carbocycles. The number of methoxy groups -OCH3 is 3. The Morgan fingerprint density at radius 3 is 2.50 bits per heavy atom. The van der Waals surface area contributed by atoms with Crippen molar-refractivity contribution in [2.45, 2.75) is 30.7 Å². The van der Waals surface area contributed by atoms with Gasteiger partial charge in [0.15, 0.2) is 5.76 Å². The number of hydrogen-bond acceptors (Lipinski definition) is 5. The molecule has 0 N–H and O–H groups in total. The summed E-state index contributed by atoms with van der Waals surface area (Å²) in [5.41, 5.74) is -0.914. The summed E-state index contributed by atoms with van der Waals surface area (Å²) in [6.07, 6.45) is 3.54. The molecule has 0 amide bonds. The normalized spacial score (nSPS) is 31.7. The van der Waals surface area contributed by atoms with Crippen LogP contribution < -0.4 is 0 Å². The molecule has 90 valence electrons. The van der Waals surface area contributed by atoms with Crippen molar-refractivity contribution in [3.05, 3.63) is 11.8 Å². The van der Waals surface area contributed by atoms with E-state index in [-0.39, 0.29) is 0 Å². The summed E-state index contributed by atoms with van der Waals surface area (Å²) in [7, 11) is 4.62. The molecule has 16 heavy (non-hydrogen) atoms. The second kappa shape index (κ2) is 3.75. The van der Waals surface area contributed by atoms with E-state index in [0.717, 1.165) is 6.42 Å². The van der Waals surface area contributed by atoms with Gasteiger partial charge in [-0.3, -0.25) is 0 Å². The van der Waals surface area contributed by atoms with E-state index in [1.807, 2.05) is 0 Å². The van der Waals surface area contributed by atoms with Crippen molar-refractivity contribution in [1.29, 1.82) is 0 Å². The second-order valence-electron chi connectivity index (χ2n) is 3.98. The average molecular weight is 228 g/mol. The van der Waals surface area contributed by atoms with Gasteiger partial charge in [-0.1, -0.05) is 0 Å². The third kappa shape index (κ3) is 1.21. The van der Waals surface area contributed by atoms with E-state index in [1.54, 1.807) is 14.2 Å². The molecule has 1 unspecified atom stereocenters. The molecule has 2 aliphatic rings. The Bertz CT molecular complexity index is 331. The SMILES string of the molecule is COC1=CC(=O)OC12CCCC2(OC)OC. The van der Waals surface area contributed by atoms with Gasteiger partial charge in [0.25, 0.3) is 0 Å². The number of carbonyl (C=O) groups is 1. The molecule has 2 rings (SSSR count). The number of rotatable bonds is 3. The Labute approximate surface area is 94.3 Å². The molecule has 1 aliphatic heterocycles. The minimum atomic E-state index is -0.930. The summed E-state index contributed by atoms with van der Waals surface area (Å²) in [5.74, 6) is -0.850. The largest absolute Gasteiger partial charge is 0.496 e. The predicted octanol–water partition coefficient (Wildman–Crippen LogP) is 0.985. The van der Waals surface area contributed by atoms with Crippen LogP contribution in [0, 0.1) is 0 Å². The van der Waals surface area contributed by atoms with Gasteiger partial charge in [0.2, 0.25) is 11.4 Å². The first kappa shape index (κ1) is 11.4. The first-order chi connectivity index (χ1) is 7.64. The molecule has 1 saturated carbocycles. The van der Waals surface area contributed by atoms with Crippen LogP contribution in [-0.4, -0.2) is 38.7 Å². The van der Waals surface area contributed by atoms with Crippen molar-refractivity contribution in [1.82, 2.24) is 0 Å². The van der Waals surface area contributed by atoms with E-state index < -0.39 is 17.4 Å². The van der Waals surface area contributed by atoms with Crippen LogP contribution in [0.5, 0.6) is 0 Å². The van der Waals surface area contributed by atoms with Gasteiger partial charge in [-0.2, -0.15) is 0 Å². The standard InChI is InChI=1S/C11H16O5/c1-13-8-7-9(12)16-10(8)5-4-6-11(10,14-2)15-3/h7H,4-6H2,1-3H3. The molecule has 1 atom stereocenters. The van der Waals surface area contributed by atoms with Gasteiger partial charge >= 0.3 is 5.97 Å². The molecule has 0 aromatic rings. The Morgan fingerprint density at radius 2 is 1.94 bits per heavy atom. The van der Waals surface area contributed by atoms with Crippen molar-refractivity contribution in [2.24, 2.45) is 0 Å². The zero-order valence-electron chi connectivity index (χ0n) is 9.74. The third-order valence-electron chi connectivity index (χ3n) is 3.45. The summed E-state index contributed by atoms with van der Waals surface area (Å²) in [6, 6.07) is 0. The molecule has 0 radical (unpaired) electrons. The number of hydrogen-bond donors (Lipinski definition) is 0. The quantitative estimate of drug-likeness (QED) is 0.532. The molecule has 1 heterocycles. The van der Waals surface area contributed by atoms with E-state index in [2.05, 4.69) is 0 Å². The van der Waals surface area contributed by atoms with Gasteiger partial charge < -0.3 is 18.9 Å². The zero-order valence-corrected chi connectivity index (χ0v) is 9.74. The van der Waals surface area contributed by atoms with E-state index in [0.29, 0.717) is 18.6 Å². The monoisotopic (exact) mass is 228 g/mol. The summed E-state index contributed by atoms with van der Waals surface area (Å²) in [6.45, 7) is 0. The Hall–Kier alpha value is -1.07. The van der Waals surface area contributed by atoms with Crippen LogP contribution in [0.4, 0.5) is 0 Å². The fourth-order valence-corrected chi connectivity index (χ4v) is 2.72. The van der Waals surface area contributed by atoms with Gasteiger partial charge in [0, 0.05) is 27.1 Å². The minimum absolute atomic E-state index is 0.405. The maximum Gasteiger partial charge on any atom is 0.335 e. The highest BCUT2D eigenvalue weighted by Gasteiger charge is 2.65. The highest BCUT2D eigenvalue weighted by Crippen LogP contribution is 2.51. The Balaban J connectivity index is 2.44. The smallest absolute Gasteiger partial charge is 0.335 e. The first-order valence-electron chi connectivity index (χ1n) is 5.23. The lowest BCUT2D eigenvalue weighted by Gasteiger charge is -2.40. The average Bonchev–Trinajstić information content (AvgIpc) is 2.81.